The quantitative estimate of drug-likeness (QED) is 0.864. The third kappa shape index (κ3) is 3.02. The molecule has 0 aliphatic carbocycles. The molecule has 4 nitrogen and oxygen atoms in total. The van der Waals surface area contributed by atoms with Crippen LogP contribution in [0.15, 0.2) is 54.7 Å². The second kappa shape index (κ2) is 6.03. The standard InChI is InChI=1S/C17H13ClN2O2/c18-13-5-7-14(8-6-13)19-17(22)20-10-9-12-3-1-2-4-15(12)16(21)11-20/h1-10H,11H2,(H,19,22). The molecule has 3 rings (SSSR count). The van der Waals surface area contributed by atoms with Gasteiger partial charge in [0.05, 0.1) is 6.54 Å². The Bertz CT molecular complexity index is 754. The number of hydrogen-bond donors (Lipinski definition) is 1. The van der Waals surface area contributed by atoms with Crippen LogP contribution in [0.5, 0.6) is 0 Å². The lowest BCUT2D eigenvalue weighted by Gasteiger charge is -2.17. The predicted octanol–water partition coefficient (Wildman–Crippen LogP) is 4.04. The molecule has 2 aromatic carbocycles. The Hall–Kier alpha value is -2.59. The van der Waals surface area contributed by atoms with Gasteiger partial charge in [-0.05, 0) is 35.9 Å². The number of nitrogens with zero attached hydrogens (tertiary/aromatic N) is 1. The van der Waals surface area contributed by atoms with E-state index in [0.29, 0.717) is 16.3 Å². The SMILES string of the molecule is O=C1CN(C(=O)Nc2ccc(Cl)cc2)C=Cc2ccccc21. The molecular formula is C17H13ClN2O2. The highest BCUT2D eigenvalue weighted by Crippen LogP contribution is 2.18. The third-order valence-electron chi connectivity index (χ3n) is 3.37. The molecule has 0 saturated heterocycles. The molecule has 2 aromatic rings. The number of fused-ring (bicyclic) bond motifs is 1. The first-order valence-corrected chi connectivity index (χ1v) is 7.15. The molecular weight excluding hydrogens is 300 g/mol. The van der Waals surface area contributed by atoms with Crippen molar-refractivity contribution in [3.63, 3.8) is 0 Å². The molecule has 2 amide bonds. The van der Waals surface area contributed by atoms with Gasteiger partial charge in [-0.1, -0.05) is 35.9 Å². The molecule has 5 heteroatoms. The molecule has 22 heavy (non-hydrogen) atoms. The van der Waals surface area contributed by atoms with Crippen molar-refractivity contribution >= 4 is 35.2 Å². The molecule has 1 aliphatic rings. The lowest BCUT2D eigenvalue weighted by molar-refractivity contribution is 0.0966. The normalized spacial score (nSPS) is 13.5. The molecule has 0 fully saturated rings. The highest BCUT2D eigenvalue weighted by atomic mass is 35.5. The van der Waals surface area contributed by atoms with Crippen molar-refractivity contribution in [2.24, 2.45) is 0 Å². The topological polar surface area (TPSA) is 49.4 Å². The Morgan fingerprint density at radius 1 is 1.09 bits per heavy atom. The van der Waals surface area contributed by atoms with Crippen LogP contribution in [0.3, 0.4) is 0 Å². The summed E-state index contributed by atoms with van der Waals surface area (Å²) in [5.41, 5.74) is 2.06. The van der Waals surface area contributed by atoms with Crippen molar-refractivity contribution in [3.8, 4) is 0 Å². The summed E-state index contributed by atoms with van der Waals surface area (Å²) in [7, 11) is 0. The minimum absolute atomic E-state index is 0.00688. The Morgan fingerprint density at radius 2 is 1.82 bits per heavy atom. The number of carbonyl (C=O) groups excluding carboxylic acids is 2. The van der Waals surface area contributed by atoms with Crippen LogP contribution in [0.4, 0.5) is 10.5 Å². The minimum Gasteiger partial charge on any atom is -0.308 e. The van der Waals surface area contributed by atoms with Gasteiger partial charge in [0, 0.05) is 22.5 Å². The number of carbonyl (C=O) groups is 2. The highest BCUT2D eigenvalue weighted by molar-refractivity contribution is 6.30. The number of urea groups is 1. The number of hydrogen-bond acceptors (Lipinski definition) is 2. The fourth-order valence-electron chi connectivity index (χ4n) is 2.23. The molecule has 1 heterocycles. The van der Waals surface area contributed by atoms with E-state index < -0.39 is 0 Å². The molecule has 1 N–H and O–H groups in total. The van der Waals surface area contributed by atoms with E-state index in [0.717, 1.165) is 5.56 Å². The Kier molecular flexibility index (Phi) is 3.94. The summed E-state index contributed by atoms with van der Waals surface area (Å²) in [6, 6.07) is 13.7. The summed E-state index contributed by atoms with van der Waals surface area (Å²) in [6.45, 7) is 0.00688. The summed E-state index contributed by atoms with van der Waals surface area (Å²) in [6.07, 6.45) is 3.39. The van der Waals surface area contributed by atoms with Crippen LogP contribution in [-0.2, 0) is 0 Å². The number of nitrogens with one attached hydrogen (secondary N) is 1. The van der Waals surface area contributed by atoms with Crippen molar-refractivity contribution in [2.75, 3.05) is 11.9 Å². The van der Waals surface area contributed by atoms with Gasteiger partial charge < -0.3 is 5.32 Å². The maximum absolute atomic E-state index is 12.3. The van der Waals surface area contributed by atoms with Crippen molar-refractivity contribution < 1.29 is 9.59 Å². The molecule has 0 atom stereocenters. The number of benzene rings is 2. The predicted molar refractivity (Wildman–Crippen MR) is 87.0 cm³/mol. The van der Waals surface area contributed by atoms with Crippen LogP contribution >= 0.6 is 11.6 Å². The van der Waals surface area contributed by atoms with Gasteiger partial charge in [-0.3, -0.25) is 9.69 Å². The number of amides is 2. The Morgan fingerprint density at radius 3 is 2.59 bits per heavy atom. The Balaban J connectivity index is 1.77. The van der Waals surface area contributed by atoms with E-state index in [1.807, 2.05) is 18.2 Å². The zero-order valence-corrected chi connectivity index (χ0v) is 12.4. The molecule has 110 valence electrons. The monoisotopic (exact) mass is 312 g/mol. The second-order valence-electron chi connectivity index (χ2n) is 4.89. The van der Waals surface area contributed by atoms with Crippen LogP contribution in [0, 0.1) is 0 Å². The lowest BCUT2D eigenvalue weighted by atomic mass is 10.0. The van der Waals surface area contributed by atoms with Crippen LogP contribution < -0.4 is 5.32 Å². The van der Waals surface area contributed by atoms with Gasteiger partial charge in [-0.25, -0.2) is 4.79 Å². The van der Waals surface area contributed by atoms with Crippen LogP contribution in [0.25, 0.3) is 6.08 Å². The number of ketones is 1. The zero-order valence-electron chi connectivity index (χ0n) is 11.6. The molecule has 1 aliphatic heterocycles. The zero-order chi connectivity index (χ0) is 15.5. The first-order valence-electron chi connectivity index (χ1n) is 6.77. The number of anilines is 1. The van der Waals surface area contributed by atoms with Gasteiger partial charge in [0.1, 0.15) is 0 Å². The van der Waals surface area contributed by atoms with Gasteiger partial charge >= 0.3 is 6.03 Å². The largest absolute Gasteiger partial charge is 0.326 e. The smallest absolute Gasteiger partial charge is 0.308 e. The van der Waals surface area contributed by atoms with E-state index in [9.17, 15) is 9.59 Å². The lowest BCUT2D eigenvalue weighted by Crippen LogP contribution is -2.34. The first kappa shape index (κ1) is 14.4. The molecule has 0 bridgehead atoms. The van der Waals surface area contributed by atoms with E-state index >= 15 is 0 Å². The average Bonchev–Trinajstić information content (AvgIpc) is 2.69. The number of rotatable bonds is 1. The molecule has 0 saturated carbocycles. The number of halogens is 1. The van der Waals surface area contributed by atoms with E-state index in [-0.39, 0.29) is 18.4 Å². The Labute approximate surface area is 133 Å². The van der Waals surface area contributed by atoms with E-state index in [4.69, 9.17) is 11.6 Å². The molecule has 0 radical (unpaired) electrons. The fourth-order valence-corrected chi connectivity index (χ4v) is 2.35. The maximum atomic E-state index is 12.3. The second-order valence-corrected chi connectivity index (χ2v) is 5.33. The average molecular weight is 313 g/mol. The summed E-state index contributed by atoms with van der Waals surface area (Å²) in [5.74, 6) is -0.0909. The third-order valence-corrected chi connectivity index (χ3v) is 3.62. The van der Waals surface area contributed by atoms with E-state index in [2.05, 4.69) is 5.32 Å². The molecule has 0 unspecified atom stereocenters. The van der Waals surface area contributed by atoms with E-state index in [1.165, 1.54) is 4.90 Å². The summed E-state index contributed by atoms with van der Waals surface area (Å²) >= 11 is 5.81. The van der Waals surface area contributed by atoms with Crippen LogP contribution in [0.1, 0.15) is 15.9 Å². The minimum atomic E-state index is -0.361. The first-order chi connectivity index (χ1) is 10.6. The van der Waals surface area contributed by atoms with Crippen LogP contribution in [-0.4, -0.2) is 23.3 Å². The summed E-state index contributed by atoms with van der Waals surface area (Å²) in [5, 5.41) is 3.33. The van der Waals surface area contributed by atoms with Gasteiger partial charge in [0.15, 0.2) is 5.78 Å². The summed E-state index contributed by atoms with van der Waals surface area (Å²) in [4.78, 5) is 25.9. The van der Waals surface area contributed by atoms with E-state index in [1.54, 1.807) is 42.6 Å². The molecule has 0 aromatic heterocycles. The van der Waals surface area contributed by atoms with Crippen molar-refractivity contribution in [3.05, 3.63) is 70.9 Å². The van der Waals surface area contributed by atoms with Gasteiger partial charge in [-0.15, -0.1) is 0 Å². The van der Waals surface area contributed by atoms with Gasteiger partial charge in [0.2, 0.25) is 0 Å². The number of Topliss-reactive ketones (excluding diaryl/α,β-unsaturated/α-hetero) is 1. The fraction of sp³-hybridized carbons (Fsp3) is 0.0588. The van der Waals surface area contributed by atoms with Crippen molar-refractivity contribution in [2.45, 2.75) is 0 Å². The van der Waals surface area contributed by atoms with Crippen molar-refractivity contribution in [1.29, 1.82) is 0 Å². The molecule has 0 spiro atoms. The van der Waals surface area contributed by atoms with Gasteiger partial charge in [0.25, 0.3) is 0 Å². The van der Waals surface area contributed by atoms with Crippen molar-refractivity contribution in [1.82, 2.24) is 4.90 Å². The summed E-state index contributed by atoms with van der Waals surface area (Å²) < 4.78 is 0. The maximum Gasteiger partial charge on any atom is 0.326 e. The van der Waals surface area contributed by atoms with Gasteiger partial charge in [-0.2, -0.15) is 0 Å². The highest BCUT2D eigenvalue weighted by Gasteiger charge is 2.20. The van der Waals surface area contributed by atoms with Crippen LogP contribution in [0.2, 0.25) is 5.02 Å².